The Morgan fingerprint density at radius 3 is 2.53 bits per heavy atom. The molecule has 8 heteroatoms. The van der Waals surface area contributed by atoms with Gasteiger partial charge in [-0.1, -0.05) is 23.7 Å². The Balaban J connectivity index is 1.24. The number of H-pyrrole nitrogens is 1. The van der Waals surface area contributed by atoms with Gasteiger partial charge in [0.25, 0.3) is 0 Å². The number of halogens is 1. The maximum absolute atomic E-state index is 13.1. The predicted molar refractivity (Wildman–Crippen MR) is 117 cm³/mol. The Bertz CT molecular complexity index is 1090. The summed E-state index contributed by atoms with van der Waals surface area (Å²) in [6.45, 7) is 3.21. The molecule has 1 atom stereocenters. The summed E-state index contributed by atoms with van der Waals surface area (Å²) in [5.74, 6) is 0.292. The minimum Gasteiger partial charge on any atom is -0.368 e. The number of nitrogens with zero attached hydrogens (tertiary/aromatic N) is 4. The second-order valence-corrected chi connectivity index (χ2v) is 8.22. The van der Waals surface area contributed by atoms with Crippen LogP contribution in [0, 0.1) is 5.92 Å². The summed E-state index contributed by atoms with van der Waals surface area (Å²) in [5.41, 5.74) is 1.99. The molecule has 2 fully saturated rings. The largest absolute Gasteiger partial charge is 0.368 e. The molecule has 7 nitrogen and oxygen atoms in total. The van der Waals surface area contributed by atoms with Crippen molar-refractivity contribution in [1.29, 1.82) is 0 Å². The first-order valence-electron chi connectivity index (χ1n) is 10.1. The molecule has 154 valence electrons. The smallest absolute Gasteiger partial charge is 0.229 e. The van der Waals surface area contributed by atoms with Crippen molar-refractivity contribution in [1.82, 2.24) is 15.1 Å². The van der Waals surface area contributed by atoms with Gasteiger partial charge < -0.3 is 9.80 Å². The standard InChI is InChI=1S/C22H22ClN5O2/c23-16-5-7-17(8-6-16)26-9-11-27(12-10-26)22(30)15-13-20(29)28(14-15)21-18-3-1-2-4-19(18)24-25-21/h1-8,15H,9-14H2,(H,24,25). The van der Waals surface area contributed by atoms with Gasteiger partial charge >= 0.3 is 0 Å². The highest BCUT2D eigenvalue weighted by Crippen LogP contribution is 2.30. The number of hydrogen-bond donors (Lipinski definition) is 1. The fourth-order valence-corrected chi connectivity index (χ4v) is 4.45. The van der Waals surface area contributed by atoms with Crippen molar-refractivity contribution in [2.75, 3.05) is 42.5 Å². The average Bonchev–Trinajstić information content (AvgIpc) is 3.37. The number of benzene rings is 2. The number of carbonyl (C=O) groups is 2. The van der Waals surface area contributed by atoms with E-state index in [-0.39, 0.29) is 24.2 Å². The topological polar surface area (TPSA) is 72.5 Å². The summed E-state index contributed by atoms with van der Waals surface area (Å²) in [4.78, 5) is 31.5. The minimum absolute atomic E-state index is 0.0506. The number of piperazine rings is 1. The lowest BCUT2D eigenvalue weighted by Crippen LogP contribution is -2.50. The number of rotatable bonds is 3. The number of hydrogen-bond acceptors (Lipinski definition) is 4. The SMILES string of the molecule is O=C(C1CC(=O)N(c2n[nH]c3ccccc23)C1)N1CCN(c2ccc(Cl)cc2)CC1. The Labute approximate surface area is 179 Å². The molecule has 3 aromatic rings. The maximum atomic E-state index is 13.1. The van der Waals surface area contributed by atoms with Crippen molar-refractivity contribution in [3.8, 4) is 0 Å². The van der Waals surface area contributed by atoms with Gasteiger partial charge in [0.05, 0.1) is 11.4 Å². The molecule has 2 aliphatic heterocycles. The third-order valence-corrected chi connectivity index (χ3v) is 6.22. The van der Waals surface area contributed by atoms with E-state index in [1.165, 1.54) is 0 Å². The van der Waals surface area contributed by atoms with Crippen LogP contribution in [-0.4, -0.2) is 59.6 Å². The van der Waals surface area contributed by atoms with E-state index >= 15 is 0 Å². The van der Waals surface area contributed by atoms with Crippen LogP contribution in [0.25, 0.3) is 10.9 Å². The minimum atomic E-state index is -0.324. The predicted octanol–water partition coefficient (Wildman–Crippen LogP) is 2.92. The van der Waals surface area contributed by atoms with Gasteiger partial charge in [-0.05, 0) is 36.4 Å². The summed E-state index contributed by atoms with van der Waals surface area (Å²) >= 11 is 5.97. The molecule has 0 spiro atoms. The molecule has 2 aliphatic rings. The number of anilines is 2. The number of carbonyl (C=O) groups excluding carboxylic acids is 2. The first kappa shape index (κ1) is 18.9. The van der Waals surface area contributed by atoms with E-state index in [4.69, 9.17) is 11.6 Å². The summed E-state index contributed by atoms with van der Waals surface area (Å²) < 4.78 is 0. The summed E-state index contributed by atoms with van der Waals surface area (Å²) in [7, 11) is 0. The number of aromatic nitrogens is 2. The van der Waals surface area contributed by atoms with Crippen molar-refractivity contribution < 1.29 is 9.59 Å². The molecule has 30 heavy (non-hydrogen) atoms. The van der Waals surface area contributed by atoms with Crippen molar-refractivity contribution in [3.05, 3.63) is 53.6 Å². The summed E-state index contributed by atoms with van der Waals surface area (Å²) in [6, 6.07) is 15.5. The number of nitrogens with one attached hydrogen (secondary N) is 1. The molecular formula is C22H22ClN5O2. The lowest BCUT2D eigenvalue weighted by atomic mass is 10.1. The van der Waals surface area contributed by atoms with E-state index in [0.29, 0.717) is 30.5 Å². The van der Waals surface area contributed by atoms with Crippen molar-refractivity contribution in [2.24, 2.45) is 5.92 Å². The second-order valence-electron chi connectivity index (χ2n) is 7.79. The van der Waals surface area contributed by atoms with E-state index in [1.54, 1.807) is 4.90 Å². The lowest BCUT2D eigenvalue weighted by Gasteiger charge is -2.37. The normalized spacial score (nSPS) is 19.7. The number of amides is 2. The van der Waals surface area contributed by atoms with Crippen LogP contribution in [0.2, 0.25) is 5.02 Å². The molecule has 0 bridgehead atoms. The first-order chi connectivity index (χ1) is 14.6. The molecule has 0 radical (unpaired) electrons. The van der Waals surface area contributed by atoms with Crippen LogP contribution in [0.3, 0.4) is 0 Å². The highest BCUT2D eigenvalue weighted by Gasteiger charge is 2.39. The molecule has 3 heterocycles. The number of fused-ring (bicyclic) bond motifs is 1. The zero-order chi connectivity index (χ0) is 20.7. The van der Waals surface area contributed by atoms with Gasteiger partial charge in [-0.3, -0.25) is 19.6 Å². The highest BCUT2D eigenvalue weighted by molar-refractivity contribution is 6.30. The van der Waals surface area contributed by atoms with Crippen molar-refractivity contribution in [2.45, 2.75) is 6.42 Å². The monoisotopic (exact) mass is 423 g/mol. The van der Waals surface area contributed by atoms with E-state index < -0.39 is 0 Å². The molecule has 5 rings (SSSR count). The van der Waals surface area contributed by atoms with Crippen LogP contribution >= 0.6 is 11.6 Å². The van der Waals surface area contributed by atoms with E-state index in [1.807, 2.05) is 53.4 Å². The van der Waals surface area contributed by atoms with Crippen LogP contribution in [0.4, 0.5) is 11.5 Å². The second kappa shape index (κ2) is 7.65. The van der Waals surface area contributed by atoms with Crippen LogP contribution in [0.15, 0.2) is 48.5 Å². The lowest BCUT2D eigenvalue weighted by molar-refractivity contribution is -0.136. The van der Waals surface area contributed by atoms with Crippen LogP contribution in [0.5, 0.6) is 0 Å². The number of aromatic amines is 1. The maximum Gasteiger partial charge on any atom is 0.229 e. The quantitative estimate of drug-likeness (QED) is 0.703. The fourth-order valence-electron chi connectivity index (χ4n) is 4.33. The van der Waals surface area contributed by atoms with Gasteiger partial charge in [0, 0.05) is 55.2 Å². The Hall–Kier alpha value is -3.06. The van der Waals surface area contributed by atoms with Crippen LogP contribution < -0.4 is 9.80 Å². The van der Waals surface area contributed by atoms with Crippen molar-refractivity contribution >= 4 is 45.8 Å². The van der Waals surface area contributed by atoms with Crippen molar-refractivity contribution in [3.63, 3.8) is 0 Å². The summed E-state index contributed by atoms with van der Waals surface area (Å²) in [5, 5.41) is 8.90. The molecule has 2 amide bonds. The zero-order valence-electron chi connectivity index (χ0n) is 16.4. The van der Waals surface area contributed by atoms with E-state index in [0.717, 1.165) is 29.7 Å². The Morgan fingerprint density at radius 2 is 1.77 bits per heavy atom. The van der Waals surface area contributed by atoms with Gasteiger partial charge in [0.2, 0.25) is 11.8 Å². The van der Waals surface area contributed by atoms with E-state index in [9.17, 15) is 9.59 Å². The third-order valence-electron chi connectivity index (χ3n) is 5.96. The number of para-hydroxylation sites is 1. The molecule has 0 aliphatic carbocycles. The summed E-state index contributed by atoms with van der Waals surface area (Å²) in [6.07, 6.45) is 0.234. The molecule has 1 aromatic heterocycles. The van der Waals surface area contributed by atoms with Crippen LogP contribution in [-0.2, 0) is 9.59 Å². The Kier molecular flexibility index (Phi) is 4.83. The molecule has 1 N–H and O–H groups in total. The van der Waals surface area contributed by atoms with E-state index in [2.05, 4.69) is 15.1 Å². The van der Waals surface area contributed by atoms with Gasteiger partial charge in [0.15, 0.2) is 5.82 Å². The third kappa shape index (κ3) is 3.39. The van der Waals surface area contributed by atoms with Gasteiger partial charge in [0.1, 0.15) is 0 Å². The first-order valence-corrected chi connectivity index (χ1v) is 10.5. The fraction of sp³-hybridized carbons (Fsp3) is 0.318. The molecule has 2 saturated heterocycles. The van der Waals surface area contributed by atoms with Gasteiger partial charge in [-0.2, -0.15) is 5.10 Å². The van der Waals surface area contributed by atoms with Gasteiger partial charge in [-0.15, -0.1) is 0 Å². The zero-order valence-corrected chi connectivity index (χ0v) is 17.2. The molecule has 1 unspecified atom stereocenters. The highest BCUT2D eigenvalue weighted by atomic mass is 35.5. The molecule has 2 aromatic carbocycles. The van der Waals surface area contributed by atoms with Gasteiger partial charge in [-0.25, -0.2) is 0 Å². The molecular weight excluding hydrogens is 402 g/mol. The molecule has 0 saturated carbocycles. The Morgan fingerprint density at radius 1 is 1.03 bits per heavy atom. The van der Waals surface area contributed by atoms with Crippen LogP contribution in [0.1, 0.15) is 6.42 Å². The average molecular weight is 424 g/mol.